The lowest BCUT2D eigenvalue weighted by atomic mass is 10.2. The third kappa shape index (κ3) is 4.46. The van der Waals surface area contributed by atoms with Crippen molar-refractivity contribution in [3.05, 3.63) is 83.9 Å². The average Bonchev–Trinajstić information content (AvgIpc) is 3.19. The minimum Gasteiger partial charge on any atom is -0.489 e. The van der Waals surface area contributed by atoms with E-state index in [4.69, 9.17) is 4.74 Å². The zero-order valence-electron chi connectivity index (χ0n) is 16.2. The van der Waals surface area contributed by atoms with E-state index in [1.165, 1.54) is 17.0 Å². The second-order valence-corrected chi connectivity index (χ2v) is 6.95. The van der Waals surface area contributed by atoms with Gasteiger partial charge in [0.05, 0.1) is 5.69 Å². The standard InChI is InChI=1S/C23H20FN3O3/c24-20-13-18(8-9-21(20)27-11-3-7-22(27)28)26-23(29)17-5-1-6-19(12-17)30-15-16-4-2-10-25-14-16/h1-2,4-6,8-10,12-14H,3,7,11,15H2,(H,26,29). The summed E-state index contributed by atoms with van der Waals surface area (Å²) in [5.41, 5.74) is 1.85. The molecule has 1 aliphatic rings. The molecule has 0 spiro atoms. The fraction of sp³-hybridized carbons (Fsp3) is 0.174. The van der Waals surface area contributed by atoms with Crippen molar-refractivity contribution in [3.8, 4) is 5.75 Å². The smallest absolute Gasteiger partial charge is 0.255 e. The van der Waals surface area contributed by atoms with Crippen LogP contribution in [0.1, 0.15) is 28.8 Å². The van der Waals surface area contributed by atoms with E-state index < -0.39 is 5.82 Å². The van der Waals surface area contributed by atoms with Crippen LogP contribution in [0.4, 0.5) is 15.8 Å². The Kier molecular flexibility index (Phi) is 5.70. The Hall–Kier alpha value is -3.74. The van der Waals surface area contributed by atoms with Gasteiger partial charge in [0, 0.05) is 42.2 Å². The zero-order chi connectivity index (χ0) is 20.9. The predicted octanol–water partition coefficient (Wildman–Crippen LogP) is 4.18. The lowest BCUT2D eigenvalue weighted by Crippen LogP contribution is -2.24. The molecule has 2 aromatic carbocycles. The average molecular weight is 405 g/mol. The first kappa shape index (κ1) is 19.6. The van der Waals surface area contributed by atoms with Crippen LogP contribution in [-0.2, 0) is 11.4 Å². The number of benzene rings is 2. The summed E-state index contributed by atoms with van der Waals surface area (Å²) in [5, 5.41) is 2.68. The van der Waals surface area contributed by atoms with Gasteiger partial charge in [-0.05, 0) is 48.9 Å². The molecule has 30 heavy (non-hydrogen) atoms. The highest BCUT2D eigenvalue weighted by Gasteiger charge is 2.24. The molecule has 6 nitrogen and oxygen atoms in total. The third-order valence-corrected chi connectivity index (χ3v) is 4.79. The Bertz CT molecular complexity index is 1070. The van der Waals surface area contributed by atoms with Gasteiger partial charge in [-0.1, -0.05) is 12.1 Å². The van der Waals surface area contributed by atoms with Crippen LogP contribution in [-0.4, -0.2) is 23.3 Å². The fourth-order valence-corrected chi connectivity index (χ4v) is 3.29. The highest BCUT2D eigenvalue weighted by atomic mass is 19.1. The Balaban J connectivity index is 1.42. The first-order valence-corrected chi connectivity index (χ1v) is 9.63. The molecule has 2 amide bonds. The van der Waals surface area contributed by atoms with Gasteiger partial charge in [-0.2, -0.15) is 0 Å². The van der Waals surface area contributed by atoms with E-state index >= 15 is 0 Å². The number of rotatable bonds is 6. The summed E-state index contributed by atoms with van der Waals surface area (Å²) in [6, 6.07) is 14.8. The Morgan fingerprint density at radius 3 is 2.80 bits per heavy atom. The summed E-state index contributed by atoms with van der Waals surface area (Å²) in [5.74, 6) is -0.475. The Morgan fingerprint density at radius 2 is 2.07 bits per heavy atom. The van der Waals surface area contributed by atoms with Gasteiger partial charge in [0.25, 0.3) is 5.91 Å². The van der Waals surface area contributed by atoms with Crippen molar-refractivity contribution >= 4 is 23.2 Å². The van der Waals surface area contributed by atoms with E-state index in [0.717, 1.165) is 12.0 Å². The quantitative estimate of drug-likeness (QED) is 0.668. The number of halogens is 1. The maximum atomic E-state index is 14.5. The summed E-state index contributed by atoms with van der Waals surface area (Å²) in [7, 11) is 0. The maximum absolute atomic E-state index is 14.5. The zero-order valence-corrected chi connectivity index (χ0v) is 16.2. The van der Waals surface area contributed by atoms with Gasteiger partial charge in [0.1, 0.15) is 18.2 Å². The number of hydrogen-bond acceptors (Lipinski definition) is 4. The number of hydrogen-bond donors (Lipinski definition) is 1. The number of nitrogens with one attached hydrogen (secondary N) is 1. The van der Waals surface area contributed by atoms with Crippen LogP contribution in [0.2, 0.25) is 0 Å². The summed E-state index contributed by atoms with van der Waals surface area (Å²) < 4.78 is 20.2. The molecule has 3 aromatic rings. The van der Waals surface area contributed by atoms with Gasteiger partial charge in [-0.3, -0.25) is 14.6 Å². The normalized spacial score (nSPS) is 13.4. The lowest BCUT2D eigenvalue weighted by molar-refractivity contribution is -0.117. The van der Waals surface area contributed by atoms with E-state index in [1.54, 1.807) is 42.7 Å². The minimum atomic E-state index is -0.545. The van der Waals surface area contributed by atoms with Crippen LogP contribution in [0, 0.1) is 5.82 Å². The number of anilines is 2. The van der Waals surface area contributed by atoms with E-state index in [-0.39, 0.29) is 17.5 Å². The highest BCUT2D eigenvalue weighted by Crippen LogP contribution is 2.27. The highest BCUT2D eigenvalue weighted by molar-refractivity contribution is 6.04. The van der Waals surface area contributed by atoms with Gasteiger partial charge in [-0.25, -0.2) is 4.39 Å². The number of amides is 2. The SMILES string of the molecule is O=C(Nc1ccc(N2CCCC2=O)c(F)c1)c1cccc(OCc2cccnc2)c1. The van der Waals surface area contributed by atoms with Crippen LogP contribution in [0.5, 0.6) is 5.75 Å². The number of ether oxygens (including phenoxy) is 1. The van der Waals surface area contributed by atoms with E-state index in [0.29, 0.717) is 36.6 Å². The molecule has 0 unspecified atom stereocenters. The summed E-state index contributed by atoms with van der Waals surface area (Å²) >= 11 is 0. The Labute approximate surface area is 173 Å². The van der Waals surface area contributed by atoms with E-state index in [1.807, 2.05) is 12.1 Å². The van der Waals surface area contributed by atoms with Gasteiger partial charge in [0.2, 0.25) is 5.91 Å². The molecule has 0 aliphatic carbocycles. The minimum absolute atomic E-state index is 0.0891. The molecule has 1 saturated heterocycles. The summed E-state index contributed by atoms with van der Waals surface area (Å²) in [6.45, 7) is 0.841. The second kappa shape index (κ2) is 8.73. The molecule has 2 heterocycles. The summed E-state index contributed by atoms with van der Waals surface area (Å²) in [6.07, 6.45) is 4.55. The van der Waals surface area contributed by atoms with Gasteiger partial charge in [0.15, 0.2) is 0 Å². The number of aromatic nitrogens is 1. The molecular formula is C23H20FN3O3. The molecule has 1 fully saturated rings. The van der Waals surface area contributed by atoms with Crippen LogP contribution in [0.15, 0.2) is 67.0 Å². The maximum Gasteiger partial charge on any atom is 0.255 e. The predicted molar refractivity (Wildman–Crippen MR) is 111 cm³/mol. The van der Waals surface area contributed by atoms with Gasteiger partial charge in [-0.15, -0.1) is 0 Å². The first-order chi connectivity index (χ1) is 14.6. The number of carbonyl (C=O) groups excluding carboxylic acids is 2. The van der Waals surface area contributed by atoms with Crippen molar-refractivity contribution in [2.45, 2.75) is 19.4 Å². The molecule has 1 N–H and O–H groups in total. The Morgan fingerprint density at radius 1 is 1.17 bits per heavy atom. The van der Waals surface area contributed by atoms with E-state index in [9.17, 15) is 14.0 Å². The molecule has 1 aliphatic heterocycles. The van der Waals surface area contributed by atoms with Crippen molar-refractivity contribution in [2.75, 3.05) is 16.8 Å². The number of pyridine rings is 1. The molecule has 0 radical (unpaired) electrons. The molecule has 0 atom stereocenters. The molecule has 0 bridgehead atoms. The van der Waals surface area contributed by atoms with Crippen molar-refractivity contribution in [2.24, 2.45) is 0 Å². The van der Waals surface area contributed by atoms with Crippen molar-refractivity contribution in [1.82, 2.24) is 4.98 Å². The van der Waals surface area contributed by atoms with Crippen molar-refractivity contribution in [3.63, 3.8) is 0 Å². The molecule has 7 heteroatoms. The van der Waals surface area contributed by atoms with Crippen molar-refractivity contribution in [1.29, 1.82) is 0 Å². The van der Waals surface area contributed by atoms with Gasteiger partial charge >= 0.3 is 0 Å². The summed E-state index contributed by atoms with van der Waals surface area (Å²) in [4.78, 5) is 29.9. The first-order valence-electron chi connectivity index (χ1n) is 9.63. The lowest BCUT2D eigenvalue weighted by Gasteiger charge is -2.17. The van der Waals surface area contributed by atoms with Crippen molar-refractivity contribution < 1.29 is 18.7 Å². The van der Waals surface area contributed by atoms with Crippen LogP contribution in [0.3, 0.4) is 0 Å². The second-order valence-electron chi connectivity index (χ2n) is 6.95. The fourth-order valence-electron chi connectivity index (χ4n) is 3.29. The van der Waals surface area contributed by atoms with Gasteiger partial charge < -0.3 is 15.0 Å². The third-order valence-electron chi connectivity index (χ3n) is 4.79. The van der Waals surface area contributed by atoms with Crippen LogP contribution >= 0.6 is 0 Å². The molecule has 152 valence electrons. The molecule has 1 aromatic heterocycles. The number of carbonyl (C=O) groups is 2. The molecular weight excluding hydrogens is 385 g/mol. The monoisotopic (exact) mass is 405 g/mol. The topological polar surface area (TPSA) is 71.5 Å². The van der Waals surface area contributed by atoms with Crippen LogP contribution < -0.4 is 15.0 Å². The largest absolute Gasteiger partial charge is 0.489 e. The molecule has 0 saturated carbocycles. The van der Waals surface area contributed by atoms with E-state index in [2.05, 4.69) is 10.3 Å². The van der Waals surface area contributed by atoms with Crippen LogP contribution in [0.25, 0.3) is 0 Å². The molecule has 4 rings (SSSR count). The number of nitrogens with zero attached hydrogens (tertiary/aromatic N) is 2.